The summed E-state index contributed by atoms with van der Waals surface area (Å²) in [5.41, 5.74) is 2.66. The van der Waals surface area contributed by atoms with Crippen LogP contribution in [0.2, 0.25) is 0 Å². The summed E-state index contributed by atoms with van der Waals surface area (Å²) in [5, 5.41) is 12.2. The third-order valence-electron chi connectivity index (χ3n) is 3.89. The van der Waals surface area contributed by atoms with Crippen molar-refractivity contribution in [2.24, 2.45) is 0 Å². The number of ether oxygens (including phenoxy) is 1. The minimum Gasteiger partial charge on any atom is -0.465 e. The van der Waals surface area contributed by atoms with Crippen LogP contribution in [-0.2, 0) is 9.53 Å². The average molecular weight is 322 g/mol. The molecule has 1 N–H and O–H groups in total. The molecular weight excluding hydrogens is 300 g/mol. The van der Waals surface area contributed by atoms with Crippen molar-refractivity contribution < 1.29 is 9.53 Å². The molecule has 2 aromatic carbocycles. The largest absolute Gasteiger partial charge is 0.465 e. The predicted molar refractivity (Wildman–Crippen MR) is 93.4 cm³/mol. The highest BCUT2D eigenvalue weighted by Crippen LogP contribution is 2.19. The van der Waals surface area contributed by atoms with Gasteiger partial charge < -0.3 is 10.1 Å². The molecular formula is C20H22N2O2. The quantitative estimate of drug-likeness (QED) is 0.792. The van der Waals surface area contributed by atoms with Crippen LogP contribution in [-0.4, -0.2) is 19.1 Å². The van der Waals surface area contributed by atoms with Gasteiger partial charge >= 0.3 is 5.97 Å². The Kier molecular flexibility index (Phi) is 6.53. The number of hydrogen-bond acceptors (Lipinski definition) is 4. The van der Waals surface area contributed by atoms with Crippen LogP contribution in [0.1, 0.15) is 42.5 Å². The minimum absolute atomic E-state index is 0.207. The highest BCUT2D eigenvalue weighted by Gasteiger charge is 2.22. The second-order valence-electron chi connectivity index (χ2n) is 5.64. The van der Waals surface area contributed by atoms with Crippen molar-refractivity contribution in [3.63, 3.8) is 0 Å². The summed E-state index contributed by atoms with van der Waals surface area (Å²) < 4.78 is 5.19. The molecule has 0 fully saturated rings. The van der Waals surface area contributed by atoms with Gasteiger partial charge in [-0.25, -0.2) is 4.79 Å². The third-order valence-corrected chi connectivity index (χ3v) is 3.89. The fraction of sp³-hybridized carbons (Fsp3) is 0.300. The Bertz CT molecular complexity index is 690. The van der Waals surface area contributed by atoms with Gasteiger partial charge in [0, 0.05) is 6.54 Å². The van der Waals surface area contributed by atoms with E-state index < -0.39 is 6.04 Å². The number of esters is 1. The first-order chi connectivity index (χ1) is 11.7. The average Bonchev–Trinajstić information content (AvgIpc) is 2.63. The van der Waals surface area contributed by atoms with Crippen LogP contribution in [0.5, 0.6) is 0 Å². The Balaban J connectivity index is 2.06. The molecule has 2 aromatic rings. The second kappa shape index (κ2) is 8.85. The van der Waals surface area contributed by atoms with Gasteiger partial charge in [0.25, 0.3) is 0 Å². The van der Waals surface area contributed by atoms with Crippen molar-refractivity contribution in [3.05, 3.63) is 71.3 Å². The Morgan fingerprint density at radius 2 is 1.79 bits per heavy atom. The molecule has 4 nitrogen and oxygen atoms in total. The Morgan fingerprint density at radius 3 is 2.38 bits per heavy atom. The molecule has 2 atom stereocenters. The molecule has 0 aliphatic rings. The van der Waals surface area contributed by atoms with Crippen LogP contribution in [0, 0.1) is 11.3 Å². The predicted octanol–water partition coefficient (Wildman–Crippen LogP) is 3.56. The number of carbonyl (C=O) groups is 1. The molecule has 0 saturated heterocycles. The van der Waals surface area contributed by atoms with Gasteiger partial charge in [0.05, 0.1) is 18.2 Å². The van der Waals surface area contributed by atoms with E-state index in [1.807, 2.05) is 54.6 Å². The summed E-state index contributed by atoms with van der Waals surface area (Å²) in [6.45, 7) is 4.88. The fourth-order valence-electron chi connectivity index (χ4n) is 2.51. The number of nitriles is 1. The lowest BCUT2D eigenvalue weighted by Crippen LogP contribution is -2.32. The topological polar surface area (TPSA) is 62.1 Å². The number of hydrogen-bond donors (Lipinski definition) is 1. The molecule has 0 radical (unpaired) electrons. The molecule has 0 aliphatic carbocycles. The molecule has 0 bridgehead atoms. The molecule has 4 heteroatoms. The normalized spacial score (nSPS) is 12.9. The number of benzene rings is 2. The maximum Gasteiger partial charge on any atom is 0.327 e. The molecule has 1 unspecified atom stereocenters. The van der Waals surface area contributed by atoms with Gasteiger partial charge in [-0.15, -0.1) is 0 Å². The number of carbonyl (C=O) groups excluding carboxylic acids is 1. The summed E-state index contributed by atoms with van der Waals surface area (Å²) >= 11 is 0. The second-order valence-corrected chi connectivity index (χ2v) is 5.64. The molecule has 0 aliphatic heterocycles. The monoisotopic (exact) mass is 322 g/mol. The van der Waals surface area contributed by atoms with Crippen LogP contribution >= 0.6 is 0 Å². The van der Waals surface area contributed by atoms with Gasteiger partial charge in [-0.2, -0.15) is 5.26 Å². The maximum atomic E-state index is 12.3. The zero-order valence-corrected chi connectivity index (χ0v) is 14.0. The highest BCUT2D eigenvalue weighted by molar-refractivity contribution is 5.77. The summed E-state index contributed by atoms with van der Waals surface area (Å²) in [5.74, 6) is -0.0610. The van der Waals surface area contributed by atoms with E-state index in [9.17, 15) is 4.79 Å². The smallest absolute Gasteiger partial charge is 0.327 e. The van der Waals surface area contributed by atoms with Crippen LogP contribution in [0.4, 0.5) is 0 Å². The Labute approximate surface area is 143 Å². The van der Waals surface area contributed by atoms with Gasteiger partial charge in [0.15, 0.2) is 0 Å². The molecule has 0 amide bonds. The first-order valence-corrected chi connectivity index (χ1v) is 8.10. The lowest BCUT2D eigenvalue weighted by molar-refractivity contribution is -0.145. The van der Waals surface area contributed by atoms with E-state index in [2.05, 4.69) is 18.3 Å². The zero-order valence-electron chi connectivity index (χ0n) is 14.0. The molecule has 24 heavy (non-hydrogen) atoms. The number of nitrogens with one attached hydrogen (secondary N) is 1. The standard InChI is InChI=1S/C20H22N2O2/c1-3-24-20(23)19(18-7-5-4-6-8-18)22-14-15(2)17-11-9-16(13-21)10-12-17/h4-12,15,19,22H,3,14H2,1-2H3/t15-,19?/m1/s1. The Morgan fingerprint density at radius 1 is 1.12 bits per heavy atom. The van der Waals surface area contributed by atoms with E-state index in [-0.39, 0.29) is 11.9 Å². The van der Waals surface area contributed by atoms with Gasteiger partial charge in [0.1, 0.15) is 6.04 Å². The Hall–Kier alpha value is -2.64. The number of rotatable bonds is 7. The van der Waals surface area contributed by atoms with E-state index in [0.717, 1.165) is 11.1 Å². The van der Waals surface area contributed by atoms with E-state index in [1.165, 1.54) is 0 Å². The first kappa shape index (κ1) is 17.7. The molecule has 124 valence electrons. The van der Waals surface area contributed by atoms with Crippen LogP contribution in [0.25, 0.3) is 0 Å². The molecule has 0 aromatic heterocycles. The zero-order chi connectivity index (χ0) is 17.4. The van der Waals surface area contributed by atoms with Gasteiger partial charge in [-0.1, -0.05) is 49.4 Å². The SMILES string of the molecule is CCOC(=O)C(NC[C@@H](C)c1ccc(C#N)cc1)c1ccccc1. The minimum atomic E-state index is -0.480. The van der Waals surface area contributed by atoms with Crippen molar-refractivity contribution >= 4 is 5.97 Å². The van der Waals surface area contributed by atoms with Crippen LogP contribution in [0.3, 0.4) is 0 Å². The lowest BCUT2D eigenvalue weighted by Gasteiger charge is -2.20. The van der Waals surface area contributed by atoms with E-state index >= 15 is 0 Å². The van der Waals surface area contributed by atoms with Crippen molar-refractivity contribution in [2.45, 2.75) is 25.8 Å². The fourth-order valence-corrected chi connectivity index (χ4v) is 2.51. The van der Waals surface area contributed by atoms with E-state index in [1.54, 1.807) is 6.92 Å². The molecule has 0 heterocycles. The van der Waals surface area contributed by atoms with Crippen LogP contribution < -0.4 is 5.32 Å². The first-order valence-electron chi connectivity index (χ1n) is 8.10. The molecule has 0 saturated carbocycles. The lowest BCUT2D eigenvalue weighted by atomic mass is 9.99. The van der Waals surface area contributed by atoms with Crippen LogP contribution in [0.15, 0.2) is 54.6 Å². The summed E-state index contributed by atoms with van der Waals surface area (Å²) in [4.78, 5) is 12.3. The highest BCUT2D eigenvalue weighted by atomic mass is 16.5. The van der Waals surface area contributed by atoms with Crippen molar-refractivity contribution in [2.75, 3.05) is 13.2 Å². The molecule has 2 rings (SSSR count). The van der Waals surface area contributed by atoms with E-state index in [0.29, 0.717) is 18.7 Å². The third kappa shape index (κ3) is 4.68. The van der Waals surface area contributed by atoms with Gasteiger partial charge in [-0.05, 0) is 36.1 Å². The van der Waals surface area contributed by atoms with Crippen molar-refractivity contribution in [3.8, 4) is 6.07 Å². The van der Waals surface area contributed by atoms with Crippen molar-refractivity contribution in [1.29, 1.82) is 5.26 Å². The molecule has 0 spiro atoms. The van der Waals surface area contributed by atoms with Crippen molar-refractivity contribution in [1.82, 2.24) is 5.32 Å². The van der Waals surface area contributed by atoms with E-state index in [4.69, 9.17) is 10.00 Å². The number of nitrogens with zero attached hydrogens (tertiary/aromatic N) is 1. The summed E-state index contributed by atoms with van der Waals surface area (Å²) in [6, 6.07) is 18.7. The van der Waals surface area contributed by atoms with Gasteiger partial charge in [0.2, 0.25) is 0 Å². The summed E-state index contributed by atoms with van der Waals surface area (Å²) in [7, 11) is 0. The summed E-state index contributed by atoms with van der Waals surface area (Å²) in [6.07, 6.45) is 0. The maximum absolute atomic E-state index is 12.3. The van der Waals surface area contributed by atoms with Gasteiger partial charge in [-0.3, -0.25) is 0 Å².